The number of fused-ring (bicyclic) bond motifs is 5. The standard InChI is InChI=1S/C33H42F4N4O6/c1-7-20-24-16-41(25(20)17(2)42)29(43)27(31(3,4)5)40-30(44)47-23-14-18(23)10-8-9-13-32(34,35)33(36,37)26-28(46-24)39-22-15-19(45-6)11-12-21(22)38-26/h11-12,15,18,20,23-25,27H,7-10,13-14,16H2,1-6H3,(H,40,44)/t18-,20-,23-,24+,25-,27-/m1/s1. The molecule has 2 fully saturated rings. The molecular weight excluding hydrogens is 624 g/mol. The van der Waals surface area contributed by atoms with Gasteiger partial charge >= 0.3 is 17.9 Å². The highest BCUT2D eigenvalue weighted by atomic mass is 19.3. The normalized spacial score (nSPS) is 29.6. The molecule has 1 N–H and O–H groups in total. The average molecular weight is 667 g/mol. The van der Waals surface area contributed by atoms with E-state index in [-0.39, 0.29) is 48.5 Å². The van der Waals surface area contributed by atoms with Crippen molar-refractivity contribution in [3.63, 3.8) is 0 Å². The smallest absolute Gasteiger partial charge is 0.408 e. The van der Waals surface area contributed by atoms with Gasteiger partial charge in [0.2, 0.25) is 11.8 Å². The summed E-state index contributed by atoms with van der Waals surface area (Å²) < 4.78 is 79.7. The zero-order valence-corrected chi connectivity index (χ0v) is 27.4. The summed E-state index contributed by atoms with van der Waals surface area (Å²) in [5.41, 5.74) is -2.14. The molecular formula is C33H42F4N4O6. The average Bonchev–Trinajstić information content (AvgIpc) is 3.62. The van der Waals surface area contributed by atoms with Gasteiger partial charge in [0.25, 0.3) is 0 Å². The van der Waals surface area contributed by atoms with E-state index in [1.54, 1.807) is 27.7 Å². The minimum atomic E-state index is -4.78. The largest absolute Gasteiger partial charge is 0.497 e. The summed E-state index contributed by atoms with van der Waals surface area (Å²) in [6, 6.07) is 2.06. The summed E-state index contributed by atoms with van der Waals surface area (Å²) in [4.78, 5) is 49.7. The fourth-order valence-electron chi connectivity index (χ4n) is 6.67. The number of aromatic nitrogens is 2. The molecule has 3 heterocycles. The van der Waals surface area contributed by atoms with Gasteiger partial charge in [0.1, 0.15) is 24.0 Å². The number of benzene rings is 1. The van der Waals surface area contributed by atoms with E-state index < -0.39 is 77.5 Å². The summed E-state index contributed by atoms with van der Waals surface area (Å²) in [5, 5.41) is 2.68. The summed E-state index contributed by atoms with van der Waals surface area (Å²) in [6.07, 6.45) is -2.30. The van der Waals surface area contributed by atoms with Crippen LogP contribution in [0.4, 0.5) is 22.4 Å². The Balaban J connectivity index is 1.62. The van der Waals surface area contributed by atoms with Crippen molar-refractivity contribution in [3.05, 3.63) is 23.9 Å². The second-order valence-corrected chi connectivity index (χ2v) is 13.9. The molecule has 2 amide bonds. The van der Waals surface area contributed by atoms with E-state index in [2.05, 4.69) is 15.3 Å². The zero-order chi connectivity index (χ0) is 34.5. The Kier molecular flexibility index (Phi) is 9.37. The first-order valence-electron chi connectivity index (χ1n) is 16.0. The summed E-state index contributed by atoms with van der Waals surface area (Å²) >= 11 is 0. The quantitative estimate of drug-likeness (QED) is 0.394. The van der Waals surface area contributed by atoms with Gasteiger partial charge in [-0.25, -0.2) is 14.8 Å². The lowest BCUT2D eigenvalue weighted by atomic mass is 9.85. The molecule has 5 rings (SSSR count). The van der Waals surface area contributed by atoms with Crippen LogP contribution in [0, 0.1) is 17.3 Å². The number of alkyl halides is 4. The molecule has 6 atom stereocenters. The monoisotopic (exact) mass is 666 g/mol. The van der Waals surface area contributed by atoms with Gasteiger partial charge in [-0.05, 0) is 56.1 Å². The first-order chi connectivity index (χ1) is 22.0. The third-order valence-electron chi connectivity index (χ3n) is 9.43. The molecule has 2 aliphatic heterocycles. The molecule has 1 saturated carbocycles. The first-order valence-corrected chi connectivity index (χ1v) is 16.0. The van der Waals surface area contributed by atoms with Crippen LogP contribution in [0.3, 0.4) is 0 Å². The van der Waals surface area contributed by atoms with Gasteiger partial charge in [-0.15, -0.1) is 0 Å². The SMILES string of the molecule is CC[C@@H]1[C@@H]2CN(C(=O)[C@H](C(C)(C)C)NC(=O)O[C@@H]3C[C@H]3CCCCC(F)(F)C(F)(F)c3nc4ccc(OC)cc4nc3O2)[C@@H]1C(C)=O. The summed E-state index contributed by atoms with van der Waals surface area (Å²) in [5.74, 6) is -11.6. The van der Waals surface area contributed by atoms with Crippen LogP contribution in [0.15, 0.2) is 18.2 Å². The fourth-order valence-corrected chi connectivity index (χ4v) is 6.67. The van der Waals surface area contributed by atoms with Gasteiger partial charge < -0.3 is 24.4 Å². The van der Waals surface area contributed by atoms with Crippen molar-refractivity contribution in [2.24, 2.45) is 17.3 Å². The van der Waals surface area contributed by atoms with E-state index in [9.17, 15) is 14.4 Å². The Labute approximate surface area is 270 Å². The summed E-state index contributed by atoms with van der Waals surface area (Å²) in [7, 11) is 1.40. The molecule has 2 bridgehead atoms. The number of nitrogens with one attached hydrogen (secondary N) is 1. The number of alkyl carbamates (subject to hydrolysis) is 1. The lowest BCUT2D eigenvalue weighted by Gasteiger charge is -2.35. The first kappa shape index (κ1) is 34.6. The molecule has 258 valence electrons. The number of methoxy groups -OCH3 is 1. The van der Waals surface area contributed by atoms with E-state index in [1.807, 2.05) is 0 Å². The Morgan fingerprint density at radius 3 is 2.45 bits per heavy atom. The molecule has 1 saturated heterocycles. The third kappa shape index (κ3) is 6.83. The van der Waals surface area contributed by atoms with E-state index in [0.29, 0.717) is 18.6 Å². The number of amides is 2. The maximum absolute atomic E-state index is 16.0. The van der Waals surface area contributed by atoms with Crippen molar-refractivity contribution in [1.29, 1.82) is 0 Å². The number of ether oxygens (including phenoxy) is 3. The molecule has 3 aliphatic rings. The number of hydrogen-bond donors (Lipinski definition) is 1. The highest BCUT2D eigenvalue weighted by Crippen LogP contribution is 2.49. The maximum atomic E-state index is 16.0. The topological polar surface area (TPSA) is 120 Å². The number of hydrogen-bond acceptors (Lipinski definition) is 8. The van der Waals surface area contributed by atoms with Crippen LogP contribution in [0.2, 0.25) is 0 Å². The number of ketones is 1. The molecule has 0 spiro atoms. The van der Waals surface area contributed by atoms with Gasteiger partial charge in [0, 0.05) is 18.4 Å². The van der Waals surface area contributed by atoms with Gasteiger partial charge in [0.15, 0.2) is 11.5 Å². The highest BCUT2D eigenvalue weighted by Gasteiger charge is 2.60. The van der Waals surface area contributed by atoms with Gasteiger partial charge in [0.05, 0.1) is 30.7 Å². The summed E-state index contributed by atoms with van der Waals surface area (Å²) in [6.45, 7) is 8.05. The van der Waals surface area contributed by atoms with Gasteiger partial charge in [-0.2, -0.15) is 17.6 Å². The van der Waals surface area contributed by atoms with Crippen LogP contribution in [0.1, 0.15) is 78.8 Å². The van der Waals surface area contributed by atoms with Crippen molar-refractivity contribution in [3.8, 4) is 11.6 Å². The van der Waals surface area contributed by atoms with E-state index in [1.165, 1.54) is 37.1 Å². The van der Waals surface area contributed by atoms with Crippen LogP contribution in [0.25, 0.3) is 11.0 Å². The van der Waals surface area contributed by atoms with Crippen molar-refractivity contribution >= 4 is 28.8 Å². The molecule has 1 aromatic carbocycles. The lowest BCUT2D eigenvalue weighted by Crippen LogP contribution is -2.57. The van der Waals surface area contributed by atoms with Crippen LogP contribution in [-0.2, 0) is 20.2 Å². The van der Waals surface area contributed by atoms with Crippen molar-refractivity contribution < 1.29 is 46.2 Å². The molecule has 10 nitrogen and oxygen atoms in total. The Hall–Kier alpha value is -3.71. The minimum Gasteiger partial charge on any atom is -0.497 e. The Morgan fingerprint density at radius 2 is 1.81 bits per heavy atom. The lowest BCUT2D eigenvalue weighted by molar-refractivity contribution is -0.223. The second kappa shape index (κ2) is 12.7. The fraction of sp³-hybridized carbons (Fsp3) is 0.667. The van der Waals surface area contributed by atoms with Crippen molar-refractivity contribution in [2.45, 2.75) is 109 Å². The maximum Gasteiger partial charge on any atom is 0.408 e. The number of rotatable bonds is 3. The van der Waals surface area contributed by atoms with E-state index in [0.717, 1.165) is 0 Å². The van der Waals surface area contributed by atoms with E-state index in [4.69, 9.17) is 14.2 Å². The minimum absolute atomic E-state index is 0.0669. The Bertz CT molecular complexity index is 1530. The number of Topliss-reactive ketones (excluding diaryl/α,β-unsaturated/α-hetero) is 1. The van der Waals surface area contributed by atoms with Gasteiger partial charge in [-0.3, -0.25) is 9.59 Å². The molecule has 47 heavy (non-hydrogen) atoms. The highest BCUT2D eigenvalue weighted by molar-refractivity contribution is 5.92. The number of halogens is 4. The molecule has 0 unspecified atom stereocenters. The van der Waals surface area contributed by atoms with Crippen LogP contribution < -0.4 is 14.8 Å². The molecule has 0 radical (unpaired) electrons. The predicted octanol–water partition coefficient (Wildman–Crippen LogP) is 6.04. The number of carbonyl (C=O) groups is 3. The van der Waals surface area contributed by atoms with Crippen LogP contribution in [-0.4, -0.2) is 76.5 Å². The zero-order valence-electron chi connectivity index (χ0n) is 27.4. The predicted molar refractivity (Wildman–Crippen MR) is 163 cm³/mol. The van der Waals surface area contributed by atoms with Crippen molar-refractivity contribution in [1.82, 2.24) is 20.2 Å². The van der Waals surface area contributed by atoms with Crippen LogP contribution in [0.5, 0.6) is 11.6 Å². The van der Waals surface area contributed by atoms with E-state index >= 15 is 17.6 Å². The second-order valence-electron chi connectivity index (χ2n) is 13.9. The van der Waals surface area contributed by atoms with Crippen LogP contribution >= 0.6 is 0 Å². The number of nitrogens with zero attached hydrogens (tertiary/aromatic N) is 3. The number of carbonyl (C=O) groups excluding carboxylic acids is 3. The molecule has 1 aromatic heterocycles. The molecule has 2 aromatic rings. The Morgan fingerprint density at radius 1 is 1.09 bits per heavy atom. The molecule has 1 aliphatic carbocycles. The third-order valence-corrected chi connectivity index (χ3v) is 9.43. The van der Waals surface area contributed by atoms with Crippen molar-refractivity contribution in [2.75, 3.05) is 13.7 Å². The molecule has 14 heteroatoms. The van der Waals surface area contributed by atoms with Gasteiger partial charge in [-0.1, -0.05) is 34.1 Å².